The van der Waals surface area contributed by atoms with E-state index in [-0.39, 0.29) is 0 Å². The van der Waals surface area contributed by atoms with Crippen molar-refractivity contribution < 1.29 is 4.74 Å². The third-order valence-electron chi connectivity index (χ3n) is 4.70. The zero-order chi connectivity index (χ0) is 16.6. The zero-order valence-electron chi connectivity index (χ0n) is 14.1. The summed E-state index contributed by atoms with van der Waals surface area (Å²) >= 11 is 6.18. The molecule has 2 aromatic rings. The molecule has 0 amide bonds. The van der Waals surface area contributed by atoms with Crippen LogP contribution in [0.15, 0.2) is 48.5 Å². The molecular formula is C21H26ClNO. The van der Waals surface area contributed by atoms with Gasteiger partial charge in [0.15, 0.2) is 0 Å². The summed E-state index contributed by atoms with van der Waals surface area (Å²) in [7, 11) is 0. The SMILES string of the molecule is Clc1ccccc1COc1cccc(CNC2CCCCCC2)c1. The first-order chi connectivity index (χ1) is 11.8. The average molecular weight is 344 g/mol. The summed E-state index contributed by atoms with van der Waals surface area (Å²) in [5.41, 5.74) is 2.29. The van der Waals surface area contributed by atoms with E-state index in [0.29, 0.717) is 12.6 Å². The maximum absolute atomic E-state index is 6.18. The molecule has 0 spiro atoms. The van der Waals surface area contributed by atoms with Crippen molar-refractivity contribution in [2.45, 2.75) is 57.7 Å². The highest BCUT2D eigenvalue weighted by atomic mass is 35.5. The molecule has 1 aliphatic rings. The number of ether oxygens (including phenoxy) is 1. The van der Waals surface area contributed by atoms with E-state index in [1.165, 1.54) is 44.1 Å². The van der Waals surface area contributed by atoms with Crippen LogP contribution in [0.1, 0.15) is 49.7 Å². The van der Waals surface area contributed by atoms with Crippen molar-refractivity contribution >= 4 is 11.6 Å². The summed E-state index contributed by atoms with van der Waals surface area (Å²) in [6.45, 7) is 1.41. The number of halogens is 1. The number of hydrogen-bond acceptors (Lipinski definition) is 2. The van der Waals surface area contributed by atoms with E-state index in [1.54, 1.807) is 0 Å². The maximum Gasteiger partial charge on any atom is 0.120 e. The highest BCUT2D eigenvalue weighted by molar-refractivity contribution is 6.31. The van der Waals surface area contributed by atoms with Crippen molar-refractivity contribution in [2.75, 3.05) is 0 Å². The second kappa shape index (κ2) is 9.10. The summed E-state index contributed by atoms with van der Waals surface area (Å²) < 4.78 is 5.91. The molecule has 2 nitrogen and oxygen atoms in total. The van der Waals surface area contributed by atoms with Crippen LogP contribution >= 0.6 is 11.6 Å². The number of rotatable bonds is 6. The van der Waals surface area contributed by atoms with E-state index in [2.05, 4.69) is 23.5 Å². The molecule has 0 aliphatic heterocycles. The summed E-state index contributed by atoms with van der Waals surface area (Å²) in [6.07, 6.45) is 8.12. The molecule has 2 aromatic carbocycles. The Kier molecular flexibility index (Phi) is 6.57. The van der Waals surface area contributed by atoms with Crippen molar-refractivity contribution in [1.29, 1.82) is 0 Å². The molecule has 0 atom stereocenters. The van der Waals surface area contributed by atoms with Crippen LogP contribution in [-0.2, 0) is 13.2 Å². The molecule has 0 saturated heterocycles. The summed E-state index contributed by atoms with van der Waals surface area (Å²) in [4.78, 5) is 0. The fourth-order valence-electron chi connectivity index (χ4n) is 3.27. The monoisotopic (exact) mass is 343 g/mol. The summed E-state index contributed by atoms with van der Waals surface area (Å²) in [6, 6.07) is 16.8. The smallest absolute Gasteiger partial charge is 0.120 e. The maximum atomic E-state index is 6.18. The molecule has 0 unspecified atom stereocenters. The van der Waals surface area contributed by atoms with Gasteiger partial charge in [0.1, 0.15) is 12.4 Å². The molecule has 0 heterocycles. The molecule has 0 radical (unpaired) electrons. The van der Waals surface area contributed by atoms with Crippen molar-refractivity contribution in [1.82, 2.24) is 5.32 Å². The Labute approximate surface area is 150 Å². The van der Waals surface area contributed by atoms with Gasteiger partial charge >= 0.3 is 0 Å². The highest BCUT2D eigenvalue weighted by Gasteiger charge is 2.11. The second-order valence-corrected chi connectivity index (χ2v) is 7.00. The third-order valence-corrected chi connectivity index (χ3v) is 5.07. The van der Waals surface area contributed by atoms with Gasteiger partial charge in [-0.05, 0) is 36.6 Å². The second-order valence-electron chi connectivity index (χ2n) is 6.60. The normalized spacial score (nSPS) is 15.9. The van der Waals surface area contributed by atoms with E-state index in [9.17, 15) is 0 Å². The Bertz CT molecular complexity index is 635. The van der Waals surface area contributed by atoms with Crippen molar-refractivity contribution in [2.24, 2.45) is 0 Å². The third kappa shape index (κ3) is 5.25. The van der Waals surface area contributed by atoms with Crippen LogP contribution in [0.3, 0.4) is 0 Å². The number of hydrogen-bond donors (Lipinski definition) is 1. The highest BCUT2D eigenvalue weighted by Crippen LogP contribution is 2.21. The Morgan fingerprint density at radius 3 is 2.54 bits per heavy atom. The summed E-state index contributed by atoms with van der Waals surface area (Å²) in [5, 5.41) is 4.46. The Hall–Kier alpha value is -1.51. The van der Waals surface area contributed by atoms with Gasteiger partial charge in [0.2, 0.25) is 0 Å². The van der Waals surface area contributed by atoms with Crippen LogP contribution in [0.2, 0.25) is 5.02 Å². The van der Waals surface area contributed by atoms with Crippen LogP contribution < -0.4 is 10.1 Å². The quantitative estimate of drug-likeness (QED) is 0.676. The Morgan fingerprint density at radius 2 is 1.75 bits per heavy atom. The zero-order valence-corrected chi connectivity index (χ0v) is 14.9. The molecule has 1 N–H and O–H groups in total. The molecule has 1 fully saturated rings. The summed E-state index contributed by atoms with van der Waals surface area (Å²) in [5.74, 6) is 0.898. The molecule has 1 aliphatic carbocycles. The fourth-order valence-corrected chi connectivity index (χ4v) is 3.46. The van der Waals surface area contributed by atoms with Gasteiger partial charge in [0.05, 0.1) is 0 Å². The molecule has 3 rings (SSSR count). The van der Waals surface area contributed by atoms with E-state index in [4.69, 9.17) is 16.3 Å². The van der Waals surface area contributed by atoms with Crippen LogP contribution in [0, 0.1) is 0 Å². The number of nitrogens with one attached hydrogen (secondary N) is 1. The lowest BCUT2D eigenvalue weighted by molar-refractivity contribution is 0.306. The predicted octanol–water partition coefficient (Wildman–Crippen LogP) is 5.73. The minimum atomic E-state index is 0.499. The van der Waals surface area contributed by atoms with Gasteiger partial charge in [0, 0.05) is 23.2 Å². The molecule has 128 valence electrons. The van der Waals surface area contributed by atoms with Crippen molar-refractivity contribution in [3.63, 3.8) is 0 Å². The predicted molar refractivity (Wildman–Crippen MR) is 101 cm³/mol. The van der Waals surface area contributed by atoms with E-state index in [1.807, 2.05) is 30.3 Å². The minimum Gasteiger partial charge on any atom is -0.489 e. The van der Waals surface area contributed by atoms with Gasteiger partial charge in [-0.3, -0.25) is 0 Å². The van der Waals surface area contributed by atoms with Crippen LogP contribution in [0.4, 0.5) is 0 Å². The standard InChI is InChI=1S/C21H26ClNO/c22-21-13-6-5-9-18(21)16-24-20-12-7-8-17(14-20)15-23-19-10-3-1-2-4-11-19/h5-9,12-14,19,23H,1-4,10-11,15-16H2. The van der Waals surface area contributed by atoms with Crippen LogP contribution in [0.25, 0.3) is 0 Å². The van der Waals surface area contributed by atoms with Crippen molar-refractivity contribution in [3.8, 4) is 5.75 Å². The van der Waals surface area contributed by atoms with Gasteiger partial charge in [-0.25, -0.2) is 0 Å². The lowest BCUT2D eigenvalue weighted by Crippen LogP contribution is -2.27. The molecule has 0 aromatic heterocycles. The van der Waals surface area contributed by atoms with E-state index >= 15 is 0 Å². The van der Waals surface area contributed by atoms with Gasteiger partial charge in [-0.1, -0.05) is 67.6 Å². The Balaban J connectivity index is 1.53. The van der Waals surface area contributed by atoms with Gasteiger partial charge in [-0.2, -0.15) is 0 Å². The fraction of sp³-hybridized carbons (Fsp3) is 0.429. The average Bonchev–Trinajstić information content (AvgIpc) is 2.88. The Morgan fingerprint density at radius 1 is 0.958 bits per heavy atom. The first-order valence-corrected chi connectivity index (χ1v) is 9.37. The molecule has 3 heteroatoms. The first-order valence-electron chi connectivity index (χ1n) is 9.00. The lowest BCUT2D eigenvalue weighted by atomic mass is 10.1. The van der Waals surface area contributed by atoms with Crippen LogP contribution in [0.5, 0.6) is 5.75 Å². The minimum absolute atomic E-state index is 0.499. The lowest BCUT2D eigenvalue weighted by Gasteiger charge is -2.16. The first kappa shape index (κ1) is 17.3. The van der Waals surface area contributed by atoms with Crippen molar-refractivity contribution in [3.05, 3.63) is 64.7 Å². The molecule has 0 bridgehead atoms. The van der Waals surface area contributed by atoms with E-state index < -0.39 is 0 Å². The molecule has 24 heavy (non-hydrogen) atoms. The van der Waals surface area contributed by atoms with Gasteiger partial charge in [0.25, 0.3) is 0 Å². The largest absolute Gasteiger partial charge is 0.489 e. The van der Waals surface area contributed by atoms with Gasteiger partial charge in [-0.15, -0.1) is 0 Å². The van der Waals surface area contributed by atoms with Gasteiger partial charge < -0.3 is 10.1 Å². The number of benzene rings is 2. The topological polar surface area (TPSA) is 21.3 Å². The van der Waals surface area contributed by atoms with Crippen LogP contribution in [-0.4, -0.2) is 6.04 Å². The molecular weight excluding hydrogens is 318 g/mol. The molecule has 1 saturated carbocycles. The van der Waals surface area contributed by atoms with E-state index in [0.717, 1.165) is 22.9 Å².